The predicted octanol–water partition coefficient (Wildman–Crippen LogP) is 1.90. The summed E-state index contributed by atoms with van der Waals surface area (Å²) < 4.78 is 5.04. The van der Waals surface area contributed by atoms with Crippen molar-refractivity contribution in [3.8, 4) is 11.8 Å². The van der Waals surface area contributed by atoms with E-state index < -0.39 is 11.7 Å². The van der Waals surface area contributed by atoms with E-state index in [2.05, 4.69) is 22.1 Å². The van der Waals surface area contributed by atoms with Gasteiger partial charge < -0.3 is 15.0 Å². The Balaban J connectivity index is 2.50. The van der Waals surface area contributed by atoms with Crippen LogP contribution in [0.1, 0.15) is 26.3 Å². The molecular weight excluding hydrogens is 268 g/mol. The first-order valence-corrected chi connectivity index (χ1v) is 6.00. The van der Waals surface area contributed by atoms with E-state index in [0.29, 0.717) is 5.56 Å². The van der Waals surface area contributed by atoms with Gasteiger partial charge in [-0.3, -0.25) is 4.79 Å². The van der Waals surface area contributed by atoms with E-state index in [4.69, 9.17) is 16.3 Å². The predicted molar refractivity (Wildman–Crippen MR) is 73.2 cm³/mol. The second-order valence-corrected chi connectivity index (χ2v) is 5.13. The molecule has 6 heteroatoms. The van der Waals surface area contributed by atoms with Crippen LogP contribution < -0.4 is 10.9 Å². The van der Waals surface area contributed by atoms with Crippen LogP contribution in [0, 0.1) is 11.8 Å². The highest BCUT2D eigenvalue weighted by molar-refractivity contribution is 6.30. The molecule has 0 aliphatic carbocycles. The van der Waals surface area contributed by atoms with Crippen molar-refractivity contribution in [1.82, 2.24) is 10.3 Å². The van der Waals surface area contributed by atoms with E-state index in [-0.39, 0.29) is 17.1 Å². The van der Waals surface area contributed by atoms with Crippen molar-refractivity contribution in [3.63, 3.8) is 0 Å². The number of halogens is 1. The number of hydrogen-bond acceptors (Lipinski definition) is 3. The van der Waals surface area contributed by atoms with Gasteiger partial charge in [-0.15, -0.1) is 0 Å². The number of hydrogen-bond donors (Lipinski definition) is 2. The van der Waals surface area contributed by atoms with Crippen LogP contribution in [0.3, 0.4) is 0 Å². The van der Waals surface area contributed by atoms with Crippen molar-refractivity contribution in [2.24, 2.45) is 0 Å². The molecule has 0 aliphatic rings. The number of alkyl carbamates (subject to hydrolysis) is 1. The minimum absolute atomic E-state index is 0.0758. The highest BCUT2D eigenvalue weighted by Crippen LogP contribution is 2.06. The van der Waals surface area contributed by atoms with Gasteiger partial charge in [0.15, 0.2) is 0 Å². The molecule has 5 nitrogen and oxygen atoms in total. The molecule has 0 bridgehead atoms. The number of nitrogens with one attached hydrogen (secondary N) is 2. The Morgan fingerprint density at radius 3 is 2.79 bits per heavy atom. The van der Waals surface area contributed by atoms with Crippen LogP contribution in [0.4, 0.5) is 4.79 Å². The molecule has 0 aromatic carbocycles. The fourth-order valence-electron chi connectivity index (χ4n) is 1.10. The van der Waals surface area contributed by atoms with Gasteiger partial charge in [-0.1, -0.05) is 23.4 Å². The molecule has 1 heterocycles. The molecule has 0 atom stereocenters. The molecular formula is C13H15ClN2O3. The molecule has 1 amide bonds. The van der Waals surface area contributed by atoms with Gasteiger partial charge >= 0.3 is 6.09 Å². The first-order valence-electron chi connectivity index (χ1n) is 5.62. The number of rotatable bonds is 1. The Hall–Kier alpha value is -1.93. The van der Waals surface area contributed by atoms with Gasteiger partial charge in [0.1, 0.15) is 10.6 Å². The van der Waals surface area contributed by atoms with Crippen molar-refractivity contribution < 1.29 is 9.53 Å². The van der Waals surface area contributed by atoms with Gasteiger partial charge in [-0.25, -0.2) is 4.79 Å². The second kappa shape index (κ2) is 6.30. The Labute approximate surface area is 116 Å². The molecule has 0 saturated heterocycles. The summed E-state index contributed by atoms with van der Waals surface area (Å²) in [6.45, 7) is 5.48. The standard InChI is InChI=1S/C13H15ClN2O3/c1-13(2,3)19-12(18)15-6-4-5-9-7-10(14)11(17)16-8-9/h7-8H,6H2,1-3H3,(H,15,18)(H,16,17). The number of aromatic nitrogens is 1. The van der Waals surface area contributed by atoms with Gasteiger partial charge in [-0.05, 0) is 26.8 Å². The highest BCUT2D eigenvalue weighted by atomic mass is 35.5. The van der Waals surface area contributed by atoms with E-state index in [1.54, 1.807) is 20.8 Å². The lowest BCUT2D eigenvalue weighted by Crippen LogP contribution is -2.32. The molecule has 0 aliphatic heterocycles. The van der Waals surface area contributed by atoms with Crippen molar-refractivity contribution >= 4 is 17.7 Å². The third-order valence-electron chi connectivity index (χ3n) is 1.81. The highest BCUT2D eigenvalue weighted by Gasteiger charge is 2.14. The average Bonchev–Trinajstić information content (AvgIpc) is 2.27. The largest absolute Gasteiger partial charge is 0.444 e. The quantitative estimate of drug-likeness (QED) is 0.773. The van der Waals surface area contributed by atoms with Gasteiger partial charge in [0.05, 0.1) is 6.54 Å². The maximum absolute atomic E-state index is 11.3. The van der Waals surface area contributed by atoms with E-state index in [0.717, 1.165) is 0 Å². The van der Waals surface area contributed by atoms with Gasteiger partial charge in [0, 0.05) is 11.8 Å². The van der Waals surface area contributed by atoms with Crippen molar-refractivity contribution in [3.05, 3.63) is 33.2 Å². The Morgan fingerprint density at radius 1 is 1.53 bits per heavy atom. The van der Waals surface area contributed by atoms with E-state index >= 15 is 0 Å². The number of pyridine rings is 1. The Kier molecular flexibility index (Phi) is 5.02. The fourth-order valence-corrected chi connectivity index (χ4v) is 1.28. The van der Waals surface area contributed by atoms with Crippen LogP contribution in [0.15, 0.2) is 17.1 Å². The molecule has 1 rings (SSSR count). The third kappa shape index (κ3) is 5.98. The van der Waals surface area contributed by atoms with Crippen molar-refractivity contribution in [2.75, 3.05) is 6.54 Å². The molecule has 19 heavy (non-hydrogen) atoms. The molecule has 1 aromatic rings. The summed E-state index contributed by atoms with van der Waals surface area (Å²) in [6.07, 6.45) is 0.926. The van der Waals surface area contributed by atoms with Crippen LogP contribution in [0.2, 0.25) is 5.02 Å². The lowest BCUT2D eigenvalue weighted by atomic mass is 10.2. The fraction of sp³-hybridized carbons (Fsp3) is 0.385. The SMILES string of the molecule is CC(C)(C)OC(=O)NCC#Cc1c[nH]c(=O)c(Cl)c1. The Bertz CT molecular complexity index is 576. The van der Waals surface area contributed by atoms with Crippen molar-refractivity contribution in [2.45, 2.75) is 26.4 Å². The number of amides is 1. The molecule has 0 spiro atoms. The van der Waals surface area contributed by atoms with E-state index in [1.807, 2.05) is 0 Å². The van der Waals surface area contributed by atoms with Crippen LogP contribution in [0.25, 0.3) is 0 Å². The molecule has 102 valence electrons. The normalized spacial score (nSPS) is 10.3. The number of carbonyl (C=O) groups excluding carboxylic acids is 1. The zero-order valence-electron chi connectivity index (χ0n) is 11.0. The van der Waals surface area contributed by atoms with Gasteiger partial charge in [-0.2, -0.15) is 0 Å². The minimum atomic E-state index is -0.538. The molecule has 1 aromatic heterocycles. The molecule has 2 N–H and O–H groups in total. The first-order chi connectivity index (χ1) is 8.78. The first kappa shape index (κ1) is 15.1. The van der Waals surface area contributed by atoms with Crippen LogP contribution in [0.5, 0.6) is 0 Å². The number of H-pyrrole nitrogens is 1. The summed E-state index contributed by atoms with van der Waals surface area (Å²) in [5.41, 5.74) is -0.334. The summed E-state index contributed by atoms with van der Waals surface area (Å²) in [6, 6.07) is 1.46. The maximum Gasteiger partial charge on any atom is 0.408 e. The molecule has 0 saturated carbocycles. The van der Waals surface area contributed by atoms with Crippen LogP contribution >= 0.6 is 11.6 Å². The lowest BCUT2D eigenvalue weighted by Gasteiger charge is -2.18. The van der Waals surface area contributed by atoms with Crippen LogP contribution in [-0.2, 0) is 4.74 Å². The lowest BCUT2D eigenvalue weighted by molar-refractivity contribution is 0.0535. The third-order valence-corrected chi connectivity index (χ3v) is 2.09. The zero-order valence-corrected chi connectivity index (χ0v) is 11.7. The zero-order chi connectivity index (χ0) is 14.5. The minimum Gasteiger partial charge on any atom is -0.444 e. The van der Waals surface area contributed by atoms with E-state index in [9.17, 15) is 9.59 Å². The number of ether oxygens (including phenoxy) is 1. The topological polar surface area (TPSA) is 71.2 Å². The van der Waals surface area contributed by atoms with Crippen molar-refractivity contribution in [1.29, 1.82) is 0 Å². The van der Waals surface area contributed by atoms with E-state index in [1.165, 1.54) is 12.3 Å². The molecule has 0 fully saturated rings. The van der Waals surface area contributed by atoms with Crippen LogP contribution in [-0.4, -0.2) is 23.2 Å². The van der Waals surface area contributed by atoms with Gasteiger partial charge in [0.25, 0.3) is 5.56 Å². The summed E-state index contributed by atoms with van der Waals surface area (Å²) in [5, 5.41) is 2.57. The Morgan fingerprint density at radius 2 is 2.21 bits per heavy atom. The number of aromatic amines is 1. The summed E-state index contributed by atoms with van der Waals surface area (Å²) in [7, 11) is 0. The second-order valence-electron chi connectivity index (χ2n) is 4.72. The maximum atomic E-state index is 11.3. The summed E-state index contributed by atoms with van der Waals surface area (Å²) in [4.78, 5) is 24.8. The summed E-state index contributed by atoms with van der Waals surface area (Å²) >= 11 is 5.65. The monoisotopic (exact) mass is 282 g/mol. The number of carbonyl (C=O) groups is 1. The van der Waals surface area contributed by atoms with Gasteiger partial charge in [0.2, 0.25) is 0 Å². The molecule has 0 radical (unpaired) electrons. The smallest absolute Gasteiger partial charge is 0.408 e. The molecule has 0 unspecified atom stereocenters. The summed E-state index contributed by atoms with van der Waals surface area (Å²) in [5.74, 6) is 5.48. The average molecular weight is 283 g/mol.